The van der Waals surface area contributed by atoms with Crippen LogP contribution in [0.5, 0.6) is 0 Å². The summed E-state index contributed by atoms with van der Waals surface area (Å²) in [6.07, 6.45) is -1.83. The second kappa shape index (κ2) is 13.6. The largest absolute Gasteiger partial charge is 0.479 e. The van der Waals surface area contributed by atoms with Crippen LogP contribution in [0.3, 0.4) is 0 Å². The first-order chi connectivity index (χ1) is 18.8. The lowest BCUT2D eigenvalue weighted by Gasteiger charge is -2.44. The summed E-state index contributed by atoms with van der Waals surface area (Å²) in [6.45, 7) is 2.74. The van der Waals surface area contributed by atoms with E-state index in [-0.39, 0.29) is 22.8 Å². The van der Waals surface area contributed by atoms with E-state index >= 15 is 0 Å². The van der Waals surface area contributed by atoms with Crippen LogP contribution < -0.4 is 0 Å². The zero-order valence-electron chi connectivity index (χ0n) is 22.3. The molecular weight excluding hydrogens is 550 g/mol. The number of halogens is 2. The fourth-order valence-electron chi connectivity index (χ4n) is 4.96. The molecule has 2 aliphatic heterocycles. The number of piperidine rings is 1. The molecule has 3 atom stereocenters. The highest BCUT2D eigenvalue weighted by Crippen LogP contribution is 2.45. The molecule has 4 N–H and O–H groups in total. The van der Waals surface area contributed by atoms with E-state index in [1.54, 1.807) is 43.3 Å². The maximum absolute atomic E-state index is 14.2. The number of rotatable bonds is 8. The summed E-state index contributed by atoms with van der Waals surface area (Å²) in [5, 5.41) is 32.4. The number of hydrogen-bond acceptors (Lipinski definition) is 8. The molecule has 0 saturated carbocycles. The third-order valence-corrected chi connectivity index (χ3v) is 8.26. The van der Waals surface area contributed by atoms with E-state index in [0.29, 0.717) is 25.1 Å². The van der Waals surface area contributed by atoms with Crippen LogP contribution in [-0.2, 0) is 37.6 Å². The van der Waals surface area contributed by atoms with Gasteiger partial charge >= 0.3 is 11.9 Å². The lowest BCUT2D eigenvalue weighted by atomic mass is 9.85. The van der Waals surface area contributed by atoms with Crippen molar-refractivity contribution in [3.63, 3.8) is 0 Å². The Bertz CT molecular complexity index is 1180. The van der Waals surface area contributed by atoms with Crippen LogP contribution >= 0.6 is 11.3 Å². The minimum atomic E-state index is -2.27. The van der Waals surface area contributed by atoms with Crippen molar-refractivity contribution >= 4 is 29.2 Å². The number of likely N-dealkylation sites (tertiary alicyclic amines) is 1. The highest BCUT2D eigenvalue weighted by molar-refractivity contribution is 7.10. The van der Waals surface area contributed by atoms with Crippen LogP contribution in [0, 0.1) is 16.9 Å². The summed E-state index contributed by atoms with van der Waals surface area (Å²) in [4.78, 5) is 37.2. The highest BCUT2D eigenvalue weighted by atomic mass is 32.1. The molecular formula is C27H34F2N2O8S. The number of ether oxygens (including phenoxy) is 1. The minimum Gasteiger partial charge on any atom is -0.479 e. The zero-order chi connectivity index (χ0) is 29.6. The number of fused-ring (bicyclic) bond motifs is 2. The van der Waals surface area contributed by atoms with Gasteiger partial charge in [0.2, 0.25) is 5.91 Å². The van der Waals surface area contributed by atoms with Crippen LogP contribution in [0.25, 0.3) is 0 Å². The Labute approximate surface area is 234 Å². The number of carboxylic acids is 2. The monoisotopic (exact) mass is 584 g/mol. The van der Waals surface area contributed by atoms with Crippen LogP contribution in [0.4, 0.5) is 8.78 Å². The quantitative estimate of drug-likeness (QED) is 0.364. The van der Waals surface area contributed by atoms with Gasteiger partial charge in [-0.2, -0.15) is 4.39 Å². The van der Waals surface area contributed by atoms with Crippen molar-refractivity contribution in [3.8, 4) is 0 Å². The molecule has 1 aromatic heterocycles. The van der Waals surface area contributed by atoms with Gasteiger partial charge in [-0.3, -0.25) is 4.79 Å². The Hall–Kier alpha value is -2.97. The number of aliphatic hydroxyl groups excluding tert-OH is 2. The van der Waals surface area contributed by atoms with Crippen molar-refractivity contribution in [3.05, 3.63) is 57.3 Å². The second-order valence-electron chi connectivity index (χ2n) is 10.1. The summed E-state index contributed by atoms with van der Waals surface area (Å²) in [6, 6.07) is 8.31. The number of aliphatic carboxylic acids is 2. The Morgan fingerprint density at radius 1 is 1.07 bits per heavy atom. The molecule has 2 aliphatic rings. The van der Waals surface area contributed by atoms with Crippen molar-refractivity contribution in [2.45, 2.75) is 43.5 Å². The molecule has 1 aromatic carbocycles. The van der Waals surface area contributed by atoms with E-state index in [2.05, 4.69) is 4.90 Å². The van der Waals surface area contributed by atoms with Gasteiger partial charge in [0.05, 0.1) is 12.5 Å². The molecule has 1 saturated heterocycles. The summed E-state index contributed by atoms with van der Waals surface area (Å²) in [5.41, 5.74) is 1.25. The summed E-state index contributed by atoms with van der Waals surface area (Å²) in [5.74, 6) is -4.11. The molecule has 220 valence electrons. The summed E-state index contributed by atoms with van der Waals surface area (Å²) < 4.78 is 34.2. The molecule has 4 rings (SSSR count). The van der Waals surface area contributed by atoms with Crippen LogP contribution in [0.1, 0.15) is 28.8 Å². The number of benzene rings is 1. The van der Waals surface area contributed by atoms with E-state index < -0.39 is 29.7 Å². The van der Waals surface area contributed by atoms with Crippen molar-refractivity contribution in [1.29, 1.82) is 0 Å². The van der Waals surface area contributed by atoms with Gasteiger partial charge < -0.3 is 35.0 Å². The van der Waals surface area contributed by atoms with Gasteiger partial charge in [-0.25, -0.2) is 14.0 Å². The second-order valence-corrected chi connectivity index (χ2v) is 11.1. The smallest absolute Gasteiger partial charge is 0.335 e. The molecule has 1 unspecified atom stereocenters. The van der Waals surface area contributed by atoms with Gasteiger partial charge in [0, 0.05) is 38.6 Å². The van der Waals surface area contributed by atoms with Gasteiger partial charge in [-0.1, -0.05) is 18.2 Å². The highest BCUT2D eigenvalue weighted by Gasteiger charge is 2.43. The minimum absolute atomic E-state index is 0.00932. The van der Waals surface area contributed by atoms with Crippen LogP contribution in [-0.4, -0.2) is 101 Å². The molecule has 40 heavy (non-hydrogen) atoms. The van der Waals surface area contributed by atoms with E-state index in [1.807, 2.05) is 0 Å². The molecule has 1 amide bonds. The first kappa shape index (κ1) is 31.6. The normalized spacial score (nSPS) is 18.6. The third-order valence-electron chi connectivity index (χ3n) is 7.10. The zero-order valence-corrected chi connectivity index (χ0v) is 23.1. The van der Waals surface area contributed by atoms with Crippen molar-refractivity contribution in [1.82, 2.24) is 9.80 Å². The molecule has 0 bridgehead atoms. The van der Waals surface area contributed by atoms with Crippen molar-refractivity contribution < 1.29 is 48.3 Å². The summed E-state index contributed by atoms with van der Waals surface area (Å²) in [7, 11) is 3.48. The Balaban J connectivity index is 0.000000378. The van der Waals surface area contributed by atoms with E-state index in [1.165, 1.54) is 17.4 Å². The molecule has 1 fully saturated rings. The van der Waals surface area contributed by atoms with E-state index in [0.717, 1.165) is 42.8 Å². The van der Waals surface area contributed by atoms with Crippen molar-refractivity contribution in [2.24, 2.45) is 5.92 Å². The Morgan fingerprint density at radius 3 is 2.23 bits per heavy atom. The van der Waals surface area contributed by atoms with Gasteiger partial charge in [-0.15, -0.1) is 11.3 Å². The Morgan fingerprint density at radius 2 is 1.68 bits per heavy atom. The standard InChI is InChI=1S/C23H28F2N2O2S.C4H6O6/c1-26(2)22(28)18(13-16-5-3-4-6-19(16)24)15-27-10-8-23(9-11-27)21-17(7-12-29-23)14-20(25)30-21;5-1(3(7)8)2(6)4(9)10/h3-6,14,18H,7-13,15H2,1-2H3;1-2,5-6H,(H,7,8)(H,9,10)/t;1-,2-/m.1/s1. The number of aliphatic hydroxyl groups is 2. The molecule has 0 radical (unpaired) electrons. The fourth-order valence-corrected chi connectivity index (χ4v) is 6.10. The molecule has 2 aromatic rings. The topological polar surface area (TPSA) is 148 Å². The third kappa shape index (κ3) is 7.61. The predicted molar refractivity (Wildman–Crippen MR) is 141 cm³/mol. The molecule has 0 aliphatic carbocycles. The number of thiophene rings is 1. The van der Waals surface area contributed by atoms with Crippen LogP contribution in [0.15, 0.2) is 30.3 Å². The number of hydrogen-bond donors (Lipinski definition) is 4. The lowest BCUT2D eigenvalue weighted by Crippen LogP contribution is -2.48. The average Bonchev–Trinajstić information content (AvgIpc) is 3.31. The van der Waals surface area contributed by atoms with Crippen LogP contribution in [0.2, 0.25) is 0 Å². The maximum Gasteiger partial charge on any atom is 0.335 e. The Kier molecular flexibility index (Phi) is 10.7. The number of amides is 1. The SMILES string of the molecule is CN(C)C(=O)C(Cc1ccccc1F)CN1CCC2(CC1)OCCc1cc(F)sc12.O=C(O)[C@H](O)[C@@H](O)C(=O)O. The van der Waals surface area contributed by atoms with Gasteiger partial charge in [0.25, 0.3) is 0 Å². The van der Waals surface area contributed by atoms with E-state index in [4.69, 9.17) is 25.2 Å². The van der Waals surface area contributed by atoms with Gasteiger partial charge in [0.15, 0.2) is 17.3 Å². The maximum atomic E-state index is 14.2. The number of carbonyl (C=O) groups is 3. The first-order valence-electron chi connectivity index (χ1n) is 12.8. The van der Waals surface area contributed by atoms with Gasteiger partial charge in [0.1, 0.15) is 11.4 Å². The predicted octanol–water partition coefficient (Wildman–Crippen LogP) is 1.71. The van der Waals surface area contributed by atoms with E-state index in [9.17, 15) is 23.2 Å². The van der Waals surface area contributed by atoms with Gasteiger partial charge in [-0.05, 0) is 48.9 Å². The lowest BCUT2D eigenvalue weighted by molar-refractivity contribution is -0.165. The fraction of sp³-hybridized carbons (Fsp3) is 0.519. The number of carbonyl (C=O) groups excluding carboxylic acids is 1. The molecule has 3 heterocycles. The first-order valence-corrected chi connectivity index (χ1v) is 13.6. The molecule has 1 spiro atoms. The molecule has 10 nitrogen and oxygen atoms in total. The number of carboxylic acid groups (broad SMARTS) is 2. The number of nitrogens with zero attached hydrogens (tertiary/aromatic N) is 2. The molecule has 13 heteroatoms. The average molecular weight is 585 g/mol. The summed E-state index contributed by atoms with van der Waals surface area (Å²) >= 11 is 1.21. The van der Waals surface area contributed by atoms with Crippen molar-refractivity contribution in [2.75, 3.05) is 40.3 Å².